The van der Waals surface area contributed by atoms with Gasteiger partial charge >= 0.3 is 0 Å². The van der Waals surface area contributed by atoms with E-state index in [2.05, 4.69) is 5.32 Å². The molecule has 1 fully saturated rings. The van der Waals surface area contributed by atoms with Gasteiger partial charge in [-0.3, -0.25) is 4.90 Å². The van der Waals surface area contributed by atoms with Gasteiger partial charge in [-0.25, -0.2) is 8.78 Å². The van der Waals surface area contributed by atoms with Gasteiger partial charge in [0, 0.05) is 31.7 Å². The maximum atomic E-state index is 14.4. The minimum Gasteiger partial charge on any atom is -0.467 e. The average Bonchev–Trinajstić information content (AvgIpc) is 3.02. The Morgan fingerprint density at radius 2 is 1.95 bits per heavy atom. The van der Waals surface area contributed by atoms with Gasteiger partial charge in [0.05, 0.1) is 17.3 Å². The van der Waals surface area contributed by atoms with Crippen molar-refractivity contribution in [3.8, 4) is 0 Å². The van der Waals surface area contributed by atoms with Crippen LogP contribution in [0, 0.1) is 11.6 Å². The first-order chi connectivity index (χ1) is 10.2. The van der Waals surface area contributed by atoms with Crippen LogP contribution in [0.15, 0.2) is 34.9 Å². The Bertz CT molecular complexity index is 612. The van der Waals surface area contributed by atoms with Crippen LogP contribution in [0.4, 0.5) is 8.78 Å². The van der Waals surface area contributed by atoms with Crippen LogP contribution in [-0.4, -0.2) is 31.1 Å². The van der Waals surface area contributed by atoms with Gasteiger partial charge in [-0.15, -0.1) is 0 Å². The molecular weight excluding hydrogens is 298 g/mol. The maximum Gasteiger partial charge on any atom is 0.149 e. The lowest BCUT2D eigenvalue weighted by Crippen LogP contribution is -2.45. The van der Waals surface area contributed by atoms with E-state index in [0.29, 0.717) is 18.8 Å². The predicted octanol–water partition coefficient (Wildman–Crippen LogP) is 3.21. The number of nitrogens with zero attached hydrogens (tertiary/aromatic N) is 1. The highest BCUT2D eigenvalue weighted by Crippen LogP contribution is 2.35. The Balaban J connectivity index is 2.09. The summed E-state index contributed by atoms with van der Waals surface area (Å²) in [4.78, 5) is 1.99. The largest absolute Gasteiger partial charge is 0.467 e. The third-order valence-corrected chi connectivity index (χ3v) is 3.97. The zero-order valence-corrected chi connectivity index (χ0v) is 12.0. The smallest absolute Gasteiger partial charge is 0.149 e. The van der Waals surface area contributed by atoms with Gasteiger partial charge in [0.25, 0.3) is 0 Å². The molecule has 3 rings (SSSR count). The fraction of sp³-hybridized carbons (Fsp3) is 0.333. The molecule has 0 radical (unpaired) electrons. The SMILES string of the molecule is Fc1ccc(Cl)c(F)c1[C@@H](c1ccco1)N1CCNCC1. The van der Waals surface area contributed by atoms with Crippen molar-refractivity contribution in [2.75, 3.05) is 26.2 Å². The fourth-order valence-corrected chi connectivity index (χ4v) is 2.85. The van der Waals surface area contributed by atoms with E-state index in [4.69, 9.17) is 16.0 Å². The summed E-state index contributed by atoms with van der Waals surface area (Å²) in [7, 11) is 0. The molecule has 2 aromatic rings. The summed E-state index contributed by atoms with van der Waals surface area (Å²) in [5, 5.41) is 3.14. The van der Waals surface area contributed by atoms with E-state index < -0.39 is 17.7 Å². The van der Waals surface area contributed by atoms with Crippen molar-refractivity contribution in [2.45, 2.75) is 6.04 Å². The molecule has 112 valence electrons. The molecule has 1 aromatic heterocycles. The fourth-order valence-electron chi connectivity index (χ4n) is 2.69. The van der Waals surface area contributed by atoms with E-state index in [-0.39, 0.29) is 10.6 Å². The molecule has 1 aliphatic heterocycles. The predicted molar refractivity (Wildman–Crippen MR) is 76.4 cm³/mol. The normalized spacial score (nSPS) is 17.9. The molecule has 1 N–H and O–H groups in total. The first kappa shape index (κ1) is 14.5. The highest BCUT2D eigenvalue weighted by Gasteiger charge is 2.31. The molecule has 0 unspecified atom stereocenters. The lowest BCUT2D eigenvalue weighted by atomic mass is 10.0. The molecule has 1 aliphatic rings. The van der Waals surface area contributed by atoms with Crippen LogP contribution >= 0.6 is 11.6 Å². The zero-order valence-electron chi connectivity index (χ0n) is 11.3. The molecule has 21 heavy (non-hydrogen) atoms. The summed E-state index contributed by atoms with van der Waals surface area (Å²) >= 11 is 5.83. The van der Waals surface area contributed by atoms with Crippen molar-refractivity contribution in [2.24, 2.45) is 0 Å². The first-order valence-corrected chi connectivity index (χ1v) is 7.18. The van der Waals surface area contributed by atoms with Crippen molar-refractivity contribution in [1.82, 2.24) is 10.2 Å². The molecule has 0 spiro atoms. The molecule has 6 heteroatoms. The number of rotatable bonds is 3. The lowest BCUT2D eigenvalue weighted by Gasteiger charge is -2.34. The van der Waals surface area contributed by atoms with Crippen LogP contribution in [0.1, 0.15) is 17.4 Å². The van der Waals surface area contributed by atoms with Gasteiger partial charge < -0.3 is 9.73 Å². The van der Waals surface area contributed by atoms with Crippen molar-refractivity contribution in [3.63, 3.8) is 0 Å². The second kappa shape index (κ2) is 6.13. The summed E-state index contributed by atoms with van der Waals surface area (Å²) in [6.45, 7) is 2.88. The van der Waals surface area contributed by atoms with Gasteiger partial charge in [0.15, 0.2) is 0 Å². The third kappa shape index (κ3) is 2.81. The summed E-state index contributed by atoms with van der Waals surface area (Å²) in [5.74, 6) is -0.828. The van der Waals surface area contributed by atoms with Crippen molar-refractivity contribution < 1.29 is 13.2 Å². The summed E-state index contributed by atoms with van der Waals surface area (Å²) < 4.78 is 34.1. The lowest BCUT2D eigenvalue weighted by molar-refractivity contribution is 0.173. The second-order valence-corrected chi connectivity index (χ2v) is 5.37. The highest BCUT2D eigenvalue weighted by atomic mass is 35.5. The first-order valence-electron chi connectivity index (χ1n) is 6.80. The number of nitrogens with one attached hydrogen (secondary N) is 1. The van der Waals surface area contributed by atoms with Crippen LogP contribution in [-0.2, 0) is 0 Å². The van der Waals surface area contributed by atoms with Crippen molar-refractivity contribution >= 4 is 11.6 Å². The summed E-state index contributed by atoms with van der Waals surface area (Å²) in [5.41, 5.74) is -0.0562. The van der Waals surface area contributed by atoms with Crippen LogP contribution in [0.2, 0.25) is 5.02 Å². The van der Waals surface area contributed by atoms with Crippen LogP contribution in [0.25, 0.3) is 0 Å². The zero-order chi connectivity index (χ0) is 14.8. The van der Waals surface area contributed by atoms with E-state index in [1.807, 2.05) is 4.90 Å². The number of hydrogen-bond donors (Lipinski definition) is 1. The second-order valence-electron chi connectivity index (χ2n) is 4.96. The molecule has 0 aliphatic carbocycles. The summed E-state index contributed by atoms with van der Waals surface area (Å²) in [6.07, 6.45) is 1.50. The molecule has 3 nitrogen and oxygen atoms in total. The Labute approximate surface area is 126 Å². The van der Waals surface area contributed by atoms with E-state index in [9.17, 15) is 8.78 Å². The molecule has 0 bridgehead atoms. The number of furan rings is 1. The molecular formula is C15H15ClF2N2O. The van der Waals surface area contributed by atoms with Crippen LogP contribution in [0.3, 0.4) is 0 Å². The van der Waals surface area contributed by atoms with E-state index in [1.54, 1.807) is 12.1 Å². The molecule has 1 aromatic carbocycles. The van der Waals surface area contributed by atoms with Gasteiger partial charge in [-0.1, -0.05) is 11.6 Å². The van der Waals surface area contributed by atoms with Gasteiger partial charge in [0.1, 0.15) is 17.4 Å². The van der Waals surface area contributed by atoms with Crippen molar-refractivity contribution in [3.05, 3.63) is 58.5 Å². The quantitative estimate of drug-likeness (QED) is 0.882. The van der Waals surface area contributed by atoms with Gasteiger partial charge in [0.2, 0.25) is 0 Å². The standard InChI is InChI=1S/C15H15ClF2N2O/c16-10-3-4-11(17)13(14(10)18)15(12-2-1-9-21-12)20-7-5-19-6-8-20/h1-4,9,15,19H,5-8H2/t15-/m1/s1. The number of hydrogen-bond acceptors (Lipinski definition) is 3. The minimum absolute atomic E-state index is 0.0562. The Hall–Kier alpha value is -1.43. The average molecular weight is 313 g/mol. The van der Waals surface area contributed by atoms with Crippen LogP contribution in [0.5, 0.6) is 0 Å². The van der Waals surface area contributed by atoms with E-state index in [1.165, 1.54) is 18.4 Å². The molecule has 1 atom stereocenters. The Kier molecular flexibility index (Phi) is 4.24. The molecule has 0 amide bonds. The number of benzene rings is 1. The molecule has 2 heterocycles. The third-order valence-electron chi connectivity index (χ3n) is 3.68. The Morgan fingerprint density at radius 1 is 1.19 bits per heavy atom. The molecule has 1 saturated heterocycles. The van der Waals surface area contributed by atoms with E-state index in [0.717, 1.165) is 13.1 Å². The monoisotopic (exact) mass is 312 g/mol. The Morgan fingerprint density at radius 3 is 2.62 bits per heavy atom. The van der Waals surface area contributed by atoms with E-state index >= 15 is 0 Å². The minimum atomic E-state index is -0.725. The highest BCUT2D eigenvalue weighted by molar-refractivity contribution is 6.30. The summed E-state index contributed by atoms with van der Waals surface area (Å²) in [6, 6.07) is 5.25. The van der Waals surface area contributed by atoms with Crippen molar-refractivity contribution in [1.29, 1.82) is 0 Å². The number of halogens is 3. The van der Waals surface area contributed by atoms with Crippen LogP contribution < -0.4 is 5.32 Å². The van der Waals surface area contributed by atoms with Gasteiger partial charge in [-0.05, 0) is 24.3 Å². The number of piperazine rings is 1. The van der Waals surface area contributed by atoms with Gasteiger partial charge in [-0.2, -0.15) is 0 Å². The maximum absolute atomic E-state index is 14.4. The topological polar surface area (TPSA) is 28.4 Å². The molecule has 0 saturated carbocycles.